The van der Waals surface area contributed by atoms with Crippen molar-refractivity contribution in [3.63, 3.8) is 0 Å². The lowest BCUT2D eigenvalue weighted by atomic mass is 10.2. The maximum absolute atomic E-state index is 11.8. The van der Waals surface area contributed by atoms with Crippen molar-refractivity contribution in [1.82, 2.24) is 10.4 Å². The van der Waals surface area contributed by atoms with E-state index in [9.17, 15) is 4.79 Å². The Morgan fingerprint density at radius 1 is 1.33 bits per heavy atom. The summed E-state index contributed by atoms with van der Waals surface area (Å²) in [7, 11) is 0. The number of thiazole rings is 1. The Hall–Kier alpha value is -2.25. The zero-order chi connectivity index (χ0) is 16.9. The number of carbonyl (C=O) groups is 1. The molecular formula is C17H14BrN3O2S. The first-order valence-corrected chi connectivity index (χ1v) is 8.86. The Bertz CT molecular complexity index is 868. The number of hydrogen-bond acceptors (Lipinski definition) is 5. The first kappa shape index (κ1) is 16.6. The Balaban J connectivity index is 1.57. The molecule has 2 heterocycles. The predicted octanol–water partition coefficient (Wildman–Crippen LogP) is 4.17. The van der Waals surface area contributed by atoms with Gasteiger partial charge in [-0.1, -0.05) is 28.1 Å². The van der Waals surface area contributed by atoms with E-state index in [1.54, 1.807) is 6.07 Å². The molecule has 0 bridgehead atoms. The number of nitrogens with one attached hydrogen (secondary N) is 1. The van der Waals surface area contributed by atoms with Gasteiger partial charge in [0.1, 0.15) is 16.5 Å². The van der Waals surface area contributed by atoms with Gasteiger partial charge < -0.3 is 4.42 Å². The smallest absolute Gasteiger partial charge is 0.246 e. The minimum atomic E-state index is -0.208. The van der Waals surface area contributed by atoms with Crippen molar-refractivity contribution in [1.29, 1.82) is 0 Å². The van der Waals surface area contributed by atoms with E-state index in [1.807, 2.05) is 42.6 Å². The highest BCUT2D eigenvalue weighted by Crippen LogP contribution is 2.23. The number of carbonyl (C=O) groups excluding carboxylic acids is 1. The molecule has 0 radical (unpaired) electrons. The third-order valence-corrected chi connectivity index (χ3v) is 4.61. The Labute approximate surface area is 151 Å². The van der Waals surface area contributed by atoms with Crippen LogP contribution in [0, 0.1) is 6.92 Å². The molecule has 0 aliphatic heterocycles. The molecule has 0 aliphatic rings. The molecule has 1 aromatic carbocycles. The summed E-state index contributed by atoms with van der Waals surface area (Å²) in [4.78, 5) is 16.0. The van der Waals surface area contributed by atoms with Crippen molar-refractivity contribution in [2.75, 3.05) is 0 Å². The summed E-state index contributed by atoms with van der Waals surface area (Å²) in [6.45, 7) is 1.90. The van der Waals surface area contributed by atoms with Crippen LogP contribution in [-0.4, -0.2) is 17.1 Å². The fourth-order valence-corrected chi connectivity index (χ4v) is 3.05. The summed E-state index contributed by atoms with van der Waals surface area (Å²) in [5.41, 5.74) is 4.37. The Kier molecular flexibility index (Phi) is 5.22. The summed E-state index contributed by atoms with van der Waals surface area (Å²) in [5.74, 6) is 1.10. The number of hydrogen-bond donors (Lipinski definition) is 1. The van der Waals surface area contributed by atoms with E-state index in [4.69, 9.17) is 4.42 Å². The highest BCUT2D eigenvalue weighted by molar-refractivity contribution is 9.10. The maximum Gasteiger partial charge on any atom is 0.246 e. The number of hydrazone groups is 1. The molecule has 0 aliphatic carbocycles. The minimum absolute atomic E-state index is 0.208. The number of rotatable bonds is 5. The van der Waals surface area contributed by atoms with Gasteiger partial charge in [0.25, 0.3) is 0 Å². The molecule has 3 aromatic rings. The van der Waals surface area contributed by atoms with E-state index in [1.165, 1.54) is 17.6 Å². The maximum atomic E-state index is 11.8. The van der Waals surface area contributed by atoms with E-state index in [2.05, 4.69) is 31.4 Å². The van der Waals surface area contributed by atoms with Crippen LogP contribution in [0.15, 0.2) is 55.8 Å². The average Bonchev–Trinajstić information content (AvgIpc) is 3.17. The highest BCUT2D eigenvalue weighted by Gasteiger charge is 2.06. The van der Waals surface area contributed by atoms with Gasteiger partial charge in [-0.05, 0) is 31.2 Å². The SMILES string of the molecule is Cc1csc(CC(=O)N/N=C\c2ccc(-c3ccc(Br)cc3)o2)n1. The minimum Gasteiger partial charge on any atom is -0.455 e. The molecule has 0 unspecified atom stereocenters. The summed E-state index contributed by atoms with van der Waals surface area (Å²) < 4.78 is 6.70. The topological polar surface area (TPSA) is 67.5 Å². The molecule has 1 N–H and O–H groups in total. The fraction of sp³-hybridized carbons (Fsp3) is 0.118. The third kappa shape index (κ3) is 4.39. The average molecular weight is 404 g/mol. The van der Waals surface area contributed by atoms with E-state index in [-0.39, 0.29) is 12.3 Å². The Morgan fingerprint density at radius 3 is 2.83 bits per heavy atom. The largest absolute Gasteiger partial charge is 0.455 e. The van der Waals surface area contributed by atoms with Crippen LogP contribution in [0.3, 0.4) is 0 Å². The molecule has 1 amide bonds. The number of aryl methyl sites for hydroxylation is 1. The van der Waals surface area contributed by atoms with Crippen molar-refractivity contribution < 1.29 is 9.21 Å². The van der Waals surface area contributed by atoms with Gasteiger partial charge in [0.05, 0.1) is 12.6 Å². The molecule has 0 spiro atoms. The first-order chi connectivity index (χ1) is 11.6. The van der Waals surface area contributed by atoms with Gasteiger partial charge in [-0.25, -0.2) is 10.4 Å². The van der Waals surface area contributed by atoms with Gasteiger partial charge in [-0.2, -0.15) is 5.10 Å². The molecule has 2 aromatic heterocycles. The number of furan rings is 1. The number of nitrogens with zero attached hydrogens (tertiary/aromatic N) is 2. The second-order valence-corrected chi connectivity index (χ2v) is 6.92. The molecule has 24 heavy (non-hydrogen) atoms. The first-order valence-electron chi connectivity index (χ1n) is 7.19. The lowest BCUT2D eigenvalue weighted by Gasteiger charge is -1.97. The molecular weight excluding hydrogens is 390 g/mol. The lowest BCUT2D eigenvalue weighted by Crippen LogP contribution is -2.19. The van der Waals surface area contributed by atoms with Gasteiger partial charge in [-0.15, -0.1) is 11.3 Å². The van der Waals surface area contributed by atoms with Gasteiger partial charge >= 0.3 is 0 Å². The van der Waals surface area contributed by atoms with Gasteiger partial charge in [0.2, 0.25) is 5.91 Å². The Morgan fingerprint density at radius 2 is 2.12 bits per heavy atom. The van der Waals surface area contributed by atoms with Crippen LogP contribution in [0.2, 0.25) is 0 Å². The van der Waals surface area contributed by atoms with Gasteiger partial charge in [-0.3, -0.25) is 4.79 Å². The summed E-state index contributed by atoms with van der Waals surface area (Å²) >= 11 is 4.86. The van der Waals surface area contributed by atoms with Crippen LogP contribution in [0.5, 0.6) is 0 Å². The third-order valence-electron chi connectivity index (χ3n) is 3.11. The number of benzene rings is 1. The lowest BCUT2D eigenvalue weighted by molar-refractivity contribution is -0.120. The molecule has 0 saturated heterocycles. The number of aromatic nitrogens is 1. The van der Waals surface area contributed by atoms with Crippen molar-refractivity contribution in [3.05, 3.63) is 62.7 Å². The molecule has 0 atom stereocenters. The normalized spacial score (nSPS) is 11.1. The van der Waals surface area contributed by atoms with E-state index < -0.39 is 0 Å². The quantitative estimate of drug-likeness (QED) is 0.513. The van der Waals surface area contributed by atoms with Crippen molar-refractivity contribution >= 4 is 39.4 Å². The number of halogens is 1. The fourth-order valence-electron chi connectivity index (χ4n) is 2.02. The number of amides is 1. The van der Waals surface area contributed by atoms with Crippen LogP contribution in [0.1, 0.15) is 16.5 Å². The van der Waals surface area contributed by atoms with E-state index in [0.29, 0.717) is 5.76 Å². The zero-order valence-corrected chi connectivity index (χ0v) is 15.2. The van der Waals surface area contributed by atoms with Gasteiger partial charge in [0.15, 0.2) is 0 Å². The van der Waals surface area contributed by atoms with Crippen molar-refractivity contribution in [3.8, 4) is 11.3 Å². The zero-order valence-electron chi connectivity index (χ0n) is 12.8. The summed E-state index contributed by atoms with van der Waals surface area (Å²) in [5, 5.41) is 6.61. The summed E-state index contributed by atoms with van der Waals surface area (Å²) in [6.07, 6.45) is 1.70. The van der Waals surface area contributed by atoms with Crippen molar-refractivity contribution in [2.45, 2.75) is 13.3 Å². The highest BCUT2D eigenvalue weighted by atomic mass is 79.9. The van der Waals surface area contributed by atoms with E-state index in [0.717, 1.165) is 26.5 Å². The molecule has 7 heteroatoms. The van der Waals surface area contributed by atoms with Crippen LogP contribution < -0.4 is 5.43 Å². The molecule has 0 saturated carbocycles. The van der Waals surface area contributed by atoms with Crippen LogP contribution >= 0.6 is 27.3 Å². The van der Waals surface area contributed by atoms with Gasteiger partial charge in [0, 0.05) is 21.1 Å². The van der Waals surface area contributed by atoms with Crippen LogP contribution in [0.4, 0.5) is 0 Å². The molecule has 122 valence electrons. The predicted molar refractivity (Wildman–Crippen MR) is 98.1 cm³/mol. The monoisotopic (exact) mass is 403 g/mol. The van der Waals surface area contributed by atoms with Crippen LogP contribution in [0.25, 0.3) is 11.3 Å². The molecule has 3 rings (SSSR count). The van der Waals surface area contributed by atoms with E-state index >= 15 is 0 Å². The van der Waals surface area contributed by atoms with Crippen LogP contribution in [-0.2, 0) is 11.2 Å². The summed E-state index contributed by atoms with van der Waals surface area (Å²) in [6, 6.07) is 11.5. The molecule has 0 fully saturated rings. The molecule has 5 nitrogen and oxygen atoms in total. The van der Waals surface area contributed by atoms with Crippen molar-refractivity contribution in [2.24, 2.45) is 5.10 Å². The standard InChI is InChI=1S/C17H14BrN3O2S/c1-11-10-24-17(20-11)8-16(22)21-19-9-14-6-7-15(23-14)12-2-4-13(18)5-3-12/h2-7,9-10H,8H2,1H3,(H,21,22)/b19-9-. The second-order valence-electron chi connectivity index (χ2n) is 5.06. The second kappa shape index (κ2) is 7.55.